The minimum absolute atomic E-state index is 0.0311. The summed E-state index contributed by atoms with van der Waals surface area (Å²) in [6, 6.07) is 3.55. The molecule has 102 valence electrons. The summed E-state index contributed by atoms with van der Waals surface area (Å²) in [7, 11) is -2.42. The summed E-state index contributed by atoms with van der Waals surface area (Å²) in [5.41, 5.74) is 0.0311. The monoisotopic (exact) mass is 323 g/mol. The second-order valence-corrected chi connectivity index (χ2v) is 6.05. The van der Waals surface area contributed by atoms with Gasteiger partial charge in [-0.2, -0.15) is 8.42 Å². The predicted molar refractivity (Wildman–Crippen MR) is 70.4 cm³/mol. The van der Waals surface area contributed by atoms with Crippen LogP contribution in [0, 0.1) is 5.82 Å². The van der Waals surface area contributed by atoms with Crippen LogP contribution in [0.25, 0.3) is 0 Å². The molecule has 0 aliphatic heterocycles. The highest BCUT2D eigenvalue weighted by Crippen LogP contribution is 2.24. The van der Waals surface area contributed by atoms with Crippen molar-refractivity contribution in [3.05, 3.63) is 40.5 Å². The van der Waals surface area contributed by atoms with Gasteiger partial charge in [0.2, 0.25) is 5.03 Å². The third-order valence-corrected chi connectivity index (χ3v) is 4.44. The topological polar surface area (TPSA) is 64.0 Å². The van der Waals surface area contributed by atoms with Gasteiger partial charge >= 0.3 is 0 Å². The van der Waals surface area contributed by atoms with Gasteiger partial charge in [-0.25, -0.2) is 9.37 Å². The van der Waals surface area contributed by atoms with Crippen LogP contribution in [-0.2, 0) is 17.1 Å². The molecule has 1 aromatic heterocycles. The Kier molecular flexibility index (Phi) is 3.71. The first kappa shape index (κ1) is 14.1. The van der Waals surface area contributed by atoms with Crippen molar-refractivity contribution in [2.24, 2.45) is 7.05 Å². The van der Waals surface area contributed by atoms with Gasteiger partial charge in [0.15, 0.2) is 0 Å². The van der Waals surface area contributed by atoms with Crippen LogP contribution >= 0.6 is 23.2 Å². The van der Waals surface area contributed by atoms with Crippen molar-refractivity contribution >= 4 is 38.9 Å². The Morgan fingerprint density at radius 1 is 1.37 bits per heavy atom. The molecule has 9 heteroatoms. The second-order valence-electron chi connectivity index (χ2n) is 3.69. The zero-order valence-electron chi connectivity index (χ0n) is 9.56. The second kappa shape index (κ2) is 4.99. The van der Waals surface area contributed by atoms with E-state index in [-0.39, 0.29) is 20.9 Å². The Hall–Kier alpha value is -1.31. The molecule has 0 saturated carbocycles. The van der Waals surface area contributed by atoms with E-state index < -0.39 is 15.8 Å². The lowest BCUT2D eigenvalue weighted by molar-refractivity contribution is 0.598. The van der Waals surface area contributed by atoms with Gasteiger partial charge in [0, 0.05) is 7.05 Å². The molecule has 2 aromatic rings. The summed E-state index contributed by atoms with van der Waals surface area (Å²) in [6.07, 6.45) is 1.26. The highest BCUT2D eigenvalue weighted by atomic mass is 35.5. The van der Waals surface area contributed by atoms with Crippen LogP contribution in [0.3, 0.4) is 0 Å². The number of nitrogens with zero attached hydrogens (tertiary/aromatic N) is 2. The summed E-state index contributed by atoms with van der Waals surface area (Å²) in [5.74, 6) is -0.728. The van der Waals surface area contributed by atoms with E-state index in [9.17, 15) is 12.8 Å². The SMILES string of the molecule is Cn1cnc(S(=O)(=O)Nc2ccc(Cl)c(F)c2)c1Cl. The van der Waals surface area contributed by atoms with Gasteiger partial charge in [-0.05, 0) is 18.2 Å². The Bertz CT molecular complexity index is 730. The van der Waals surface area contributed by atoms with Crippen LogP contribution in [0.4, 0.5) is 10.1 Å². The van der Waals surface area contributed by atoms with Gasteiger partial charge in [-0.1, -0.05) is 23.2 Å². The van der Waals surface area contributed by atoms with E-state index >= 15 is 0 Å². The van der Waals surface area contributed by atoms with Gasteiger partial charge in [0.25, 0.3) is 10.0 Å². The fraction of sp³-hybridized carbons (Fsp3) is 0.100. The smallest absolute Gasteiger partial charge is 0.282 e. The maximum Gasteiger partial charge on any atom is 0.282 e. The number of hydrogen-bond donors (Lipinski definition) is 1. The minimum atomic E-state index is -3.98. The first-order valence-corrected chi connectivity index (χ1v) is 7.20. The molecular formula is C10H8Cl2FN3O2S. The third-order valence-electron chi connectivity index (χ3n) is 2.26. The molecule has 1 heterocycles. The van der Waals surface area contributed by atoms with Gasteiger partial charge in [-0.15, -0.1) is 0 Å². The third kappa shape index (κ3) is 2.83. The van der Waals surface area contributed by atoms with Crippen molar-refractivity contribution in [2.75, 3.05) is 4.72 Å². The number of rotatable bonds is 3. The lowest BCUT2D eigenvalue weighted by atomic mass is 10.3. The Morgan fingerprint density at radius 3 is 2.58 bits per heavy atom. The Balaban J connectivity index is 2.36. The predicted octanol–water partition coefficient (Wildman–Crippen LogP) is 2.67. The van der Waals surface area contributed by atoms with Crippen LogP contribution in [0.2, 0.25) is 10.2 Å². The summed E-state index contributed by atoms with van der Waals surface area (Å²) < 4.78 is 40.8. The summed E-state index contributed by atoms with van der Waals surface area (Å²) >= 11 is 11.3. The van der Waals surface area contributed by atoms with E-state index in [1.54, 1.807) is 7.05 Å². The van der Waals surface area contributed by atoms with Crippen LogP contribution in [-0.4, -0.2) is 18.0 Å². The zero-order chi connectivity index (χ0) is 14.2. The molecular weight excluding hydrogens is 316 g/mol. The van der Waals surface area contributed by atoms with Crippen molar-refractivity contribution in [1.29, 1.82) is 0 Å². The molecule has 5 nitrogen and oxygen atoms in total. The number of nitrogens with one attached hydrogen (secondary N) is 1. The molecule has 2 rings (SSSR count). The number of imidazole rings is 1. The van der Waals surface area contributed by atoms with Crippen LogP contribution < -0.4 is 4.72 Å². The molecule has 0 unspecified atom stereocenters. The van der Waals surface area contributed by atoms with Crippen molar-refractivity contribution in [3.63, 3.8) is 0 Å². The zero-order valence-corrected chi connectivity index (χ0v) is 11.9. The van der Waals surface area contributed by atoms with Crippen molar-refractivity contribution in [1.82, 2.24) is 9.55 Å². The Morgan fingerprint density at radius 2 is 2.05 bits per heavy atom. The molecule has 0 fully saturated rings. The lowest BCUT2D eigenvalue weighted by Crippen LogP contribution is -2.14. The molecule has 19 heavy (non-hydrogen) atoms. The minimum Gasteiger partial charge on any atom is -0.324 e. The van der Waals surface area contributed by atoms with E-state index in [4.69, 9.17) is 23.2 Å². The highest BCUT2D eigenvalue weighted by molar-refractivity contribution is 7.92. The average molecular weight is 324 g/mol. The molecule has 1 aromatic carbocycles. The van der Waals surface area contributed by atoms with Gasteiger partial charge in [0.05, 0.1) is 17.0 Å². The number of hydrogen-bond acceptors (Lipinski definition) is 3. The summed E-state index contributed by atoms with van der Waals surface area (Å²) in [6.45, 7) is 0. The first-order valence-electron chi connectivity index (χ1n) is 4.96. The standard InChI is InChI=1S/C10H8Cl2FN3O2S/c1-16-5-14-10(9(16)12)19(17,18)15-6-2-3-7(11)8(13)4-6/h2-5,15H,1H3. The number of sulfonamides is 1. The average Bonchev–Trinajstić information content (AvgIpc) is 2.65. The quantitative estimate of drug-likeness (QED) is 0.944. The van der Waals surface area contributed by atoms with Crippen LogP contribution in [0.15, 0.2) is 29.6 Å². The van der Waals surface area contributed by atoms with Gasteiger partial charge in [0.1, 0.15) is 11.0 Å². The van der Waals surface area contributed by atoms with E-state index in [1.807, 2.05) is 0 Å². The fourth-order valence-corrected chi connectivity index (χ4v) is 2.94. The van der Waals surface area contributed by atoms with Gasteiger partial charge < -0.3 is 4.57 Å². The number of benzene rings is 1. The summed E-state index contributed by atoms with van der Waals surface area (Å²) in [5, 5.41) is -0.465. The molecule has 0 aliphatic rings. The molecule has 1 N–H and O–H groups in total. The van der Waals surface area contributed by atoms with E-state index in [0.29, 0.717) is 0 Å². The molecule has 0 amide bonds. The normalized spacial score (nSPS) is 11.6. The van der Waals surface area contributed by atoms with E-state index in [1.165, 1.54) is 23.0 Å². The molecule has 0 aliphatic carbocycles. The number of halogens is 3. The number of aromatic nitrogens is 2. The maximum atomic E-state index is 13.2. The molecule has 0 bridgehead atoms. The maximum absolute atomic E-state index is 13.2. The molecule has 0 saturated heterocycles. The largest absolute Gasteiger partial charge is 0.324 e. The van der Waals surface area contributed by atoms with Crippen molar-refractivity contribution in [2.45, 2.75) is 5.03 Å². The summed E-state index contributed by atoms with van der Waals surface area (Å²) in [4.78, 5) is 3.68. The van der Waals surface area contributed by atoms with Crippen molar-refractivity contribution in [3.8, 4) is 0 Å². The van der Waals surface area contributed by atoms with Crippen molar-refractivity contribution < 1.29 is 12.8 Å². The van der Waals surface area contributed by atoms with E-state index in [0.717, 1.165) is 6.07 Å². The Labute approximate surface area is 119 Å². The number of aryl methyl sites for hydroxylation is 1. The highest BCUT2D eigenvalue weighted by Gasteiger charge is 2.22. The number of anilines is 1. The van der Waals surface area contributed by atoms with E-state index in [2.05, 4.69) is 9.71 Å². The van der Waals surface area contributed by atoms with Gasteiger partial charge in [-0.3, -0.25) is 4.72 Å². The first-order chi connectivity index (χ1) is 8.81. The fourth-order valence-electron chi connectivity index (χ4n) is 1.34. The lowest BCUT2D eigenvalue weighted by Gasteiger charge is -2.07. The molecule has 0 radical (unpaired) electrons. The van der Waals surface area contributed by atoms with Crippen LogP contribution in [0.1, 0.15) is 0 Å². The molecule has 0 atom stereocenters. The van der Waals surface area contributed by atoms with Crippen LogP contribution in [0.5, 0.6) is 0 Å². The molecule has 0 spiro atoms.